The third-order valence-corrected chi connectivity index (χ3v) is 4.18. The van der Waals surface area contributed by atoms with E-state index in [9.17, 15) is 14.4 Å². The topological polar surface area (TPSA) is 51.2 Å². The quantitative estimate of drug-likeness (QED) is 0.517. The first-order valence-electron chi connectivity index (χ1n) is 5.89. The molecule has 1 aliphatic heterocycles. The largest absolute Gasteiger partial charge is 0.321 e. The van der Waals surface area contributed by atoms with Crippen LogP contribution in [0, 0.1) is 5.92 Å². The Morgan fingerprint density at radius 3 is 2.00 bits per heavy atom. The van der Waals surface area contributed by atoms with E-state index >= 15 is 0 Å². The van der Waals surface area contributed by atoms with Crippen LogP contribution < -0.4 is 0 Å². The van der Waals surface area contributed by atoms with Gasteiger partial charge in [-0.25, -0.2) is 9.59 Å². The molecule has 1 radical (unpaired) electrons. The Kier molecular flexibility index (Phi) is 2.93. The fourth-order valence-corrected chi connectivity index (χ4v) is 2.93. The Labute approximate surface area is 95.2 Å². The smallest absolute Gasteiger partial charge is 0.291 e. The lowest BCUT2D eigenvalue weighted by molar-refractivity contribution is -0.782. The molecule has 0 unspecified atom stereocenters. The van der Waals surface area contributed by atoms with Gasteiger partial charge in [0.05, 0.1) is 19.9 Å². The summed E-state index contributed by atoms with van der Waals surface area (Å²) < 4.78 is -0.0222. The number of nitrogens with zero attached hydrogens (tertiary/aromatic N) is 1. The van der Waals surface area contributed by atoms with Crippen LogP contribution in [0.5, 0.6) is 0 Å². The summed E-state index contributed by atoms with van der Waals surface area (Å²) in [7, 11) is 1.74. The lowest BCUT2D eigenvalue weighted by atomic mass is 9.85. The van der Waals surface area contributed by atoms with Crippen LogP contribution in [0.1, 0.15) is 38.5 Å². The normalized spacial score (nSPS) is 34.1. The molecular formula is C12H17NO3+. The van der Waals surface area contributed by atoms with E-state index in [4.69, 9.17) is 0 Å². The van der Waals surface area contributed by atoms with Gasteiger partial charge < -0.3 is 0 Å². The van der Waals surface area contributed by atoms with E-state index in [2.05, 4.69) is 0 Å². The standard InChI is InChI=1S/C12H17NO3/c1-13(11(15)6-7-12(13)16)10-4-2-9(8-14)3-5-10/h9-10H,2-7H2,1H3/q+1. The van der Waals surface area contributed by atoms with Gasteiger partial charge in [-0.3, -0.25) is 4.79 Å². The summed E-state index contributed by atoms with van der Waals surface area (Å²) in [6.07, 6.45) is 5.90. The SMILES string of the molecule is C[N+]1(C2CCC([C]=O)CC2)C(=O)CCC1=O. The van der Waals surface area contributed by atoms with Crippen molar-refractivity contribution >= 4 is 18.1 Å². The van der Waals surface area contributed by atoms with Crippen molar-refractivity contribution in [2.45, 2.75) is 44.6 Å². The zero-order valence-electron chi connectivity index (χ0n) is 9.57. The van der Waals surface area contributed by atoms with Crippen LogP contribution in [0.3, 0.4) is 0 Å². The van der Waals surface area contributed by atoms with Crippen LogP contribution in [-0.2, 0) is 14.4 Å². The van der Waals surface area contributed by atoms with Crippen molar-refractivity contribution in [3.8, 4) is 0 Å². The molecule has 87 valence electrons. The van der Waals surface area contributed by atoms with Crippen LogP contribution in [0.2, 0.25) is 0 Å². The number of rotatable bonds is 2. The Morgan fingerprint density at radius 2 is 1.56 bits per heavy atom. The molecule has 0 aromatic carbocycles. The molecule has 2 amide bonds. The van der Waals surface area contributed by atoms with Gasteiger partial charge in [-0.05, 0) is 12.8 Å². The summed E-state index contributed by atoms with van der Waals surface area (Å²) in [4.78, 5) is 34.2. The predicted octanol–water partition coefficient (Wildman–Crippen LogP) is 0.948. The summed E-state index contributed by atoms with van der Waals surface area (Å²) in [5.74, 6) is 0.0997. The lowest BCUT2D eigenvalue weighted by Gasteiger charge is -2.36. The number of carbonyl (C=O) groups excluding carboxylic acids is 3. The summed E-state index contributed by atoms with van der Waals surface area (Å²) in [6, 6.07) is 0.0899. The van der Waals surface area contributed by atoms with Gasteiger partial charge in [0.2, 0.25) is 6.29 Å². The summed E-state index contributed by atoms with van der Waals surface area (Å²) in [5.41, 5.74) is 0. The van der Waals surface area contributed by atoms with Crippen molar-refractivity contribution in [1.82, 2.24) is 0 Å². The second-order valence-corrected chi connectivity index (χ2v) is 4.99. The predicted molar refractivity (Wildman–Crippen MR) is 56.9 cm³/mol. The highest BCUT2D eigenvalue weighted by Gasteiger charge is 2.51. The van der Waals surface area contributed by atoms with E-state index in [0.717, 1.165) is 25.7 Å². The molecule has 4 nitrogen and oxygen atoms in total. The average molecular weight is 223 g/mol. The number of likely N-dealkylation sites (tertiary alicyclic amines) is 1. The molecular weight excluding hydrogens is 206 g/mol. The number of amides is 2. The minimum atomic E-state index is -0.0222. The molecule has 1 saturated heterocycles. The lowest BCUT2D eigenvalue weighted by Crippen LogP contribution is -2.57. The first kappa shape index (κ1) is 11.5. The maximum atomic E-state index is 11.8. The Bertz CT molecular complexity index is 313. The van der Waals surface area contributed by atoms with Crippen LogP contribution in [0.4, 0.5) is 0 Å². The third-order valence-electron chi connectivity index (χ3n) is 4.18. The van der Waals surface area contributed by atoms with Crippen molar-refractivity contribution in [1.29, 1.82) is 0 Å². The Morgan fingerprint density at radius 1 is 1.06 bits per heavy atom. The van der Waals surface area contributed by atoms with Crippen LogP contribution in [-0.4, -0.2) is 35.7 Å². The Balaban J connectivity index is 2.10. The number of hydrogen-bond acceptors (Lipinski definition) is 3. The molecule has 0 aromatic rings. The van der Waals surface area contributed by atoms with E-state index < -0.39 is 0 Å². The van der Waals surface area contributed by atoms with Gasteiger partial charge in [0.25, 0.3) is 0 Å². The van der Waals surface area contributed by atoms with Crippen LogP contribution in [0.25, 0.3) is 0 Å². The van der Waals surface area contributed by atoms with Gasteiger partial charge in [0.15, 0.2) is 0 Å². The molecule has 1 heterocycles. The van der Waals surface area contributed by atoms with Crippen LogP contribution >= 0.6 is 0 Å². The molecule has 2 rings (SSSR count). The van der Waals surface area contributed by atoms with Gasteiger partial charge in [0.1, 0.15) is 6.04 Å². The van der Waals surface area contributed by atoms with Gasteiger partial charge in [-0.1, -0.05) is 0 Å². The van der Waals surface area contributed by atoms with E-state index in [1.54, 1.807) is 7.05 Å². The first-order valence-corrected chi connectivity index (χ1v) is 5.89. The Hall–Kier alpha value is -1.03. The maximum Gasteiger partial charge on any atom is 0.321 e. The number of quaternary nitrogens is 1. The average Bonchev–Trinajstić information content (AvgIpc) is 2.58. The van der Waals surface area contributed by atoms with Crippen molar-refractivity contribution in [3.05, 3.63) is 0 Å². The van der Waals surface area contributed by atoms with E-state index in [-0.39, 0.29) is 28.3 Å². The van der Waals surface area contributed by atoms with Gasteiger partial charge >= 0.3 is 11.8 Å². The minimum absolute atomic E-state index is 0.00987. The molecule has 2 fully saturated rings. The number of hydrogen-bond donors (Lipinski definition) is 0. The zero-order chi connectivity index (χ0) is 11.8. The second-order valence-electron chi connectivity index (χ2n) is 4.99. The van der Waals surface area contributed by atoms with Crippen molar-refractivity contribution in [2.24, 2.45) is 5.92 Å². The zero-order valence-corrected chi connectivity index (χ0v) is 9.57. The molecule has 1 saturated carbocycles. The molecule has 0 atom stereocenters. The molecule has 1 aliphatic carbocycles. The molecule has 2 aliphatic rings. The molecule has 0 spiro atoms. The van der Waals surface area contributed by atoms with Crippen LogP contribution in [0.15, 0.2) is 0 Å². The van der Waals surface area contributed by atoms with E-state index in [1.165, 1.54) is 0 Å². The highest BCUT2D eigenvalue weighted by atomic mass is 16.2. The fourth-order valence-electron chi connectivity index (χ4n) is 2.93. The van der Waals surface area contributed by atoms with Gasteiger partial charge in [-0.15, -0.1) is 0 Å². The van der Waals surface area contributed by atoms with Crippen molar-refractivity contribution < 1.29 is 18.9 Å². The van der Waals surface area contributed by atoms with E-state index in [0.29, 0.717) is 12.8 Å². The van der Waals surface area contributed by atoms with Crippen molar-refractivity contribution in [2.75, 3.05) is 7.05 Å². The molecule has 4 heteroatoms. The van der Waals surface area contributed by atoms with E-state index in [1.807, 2.05) is 6.29 Å². The highest BCUT2D eigenvalue weighted by molar-refractivity contribution is 5.92. The molecule has 0 aromatic heterocycles. The maximum absolute atomic E-state index is 11.8. The minimum Gasteiger partial charge on any atom is -0.291 e. The number of imide groups is 1. The van der Waals surface area contributed by atoms with Crippen molar-refractivity contribution in [3.63, 3.8) is 0 Å². The molecule has 16 heavy (non-hydrogen) atoms. The third kappa shape index (κ3) is 1.61. The molecule has 0 N–H and O–H groups in total. The summed E-state index contributed by atoms with van der Waals surface area (Å²) >= 11 is 0. The summed E-state index contributed by atoms with van der Waals surface area (Å²) in [6.45, 7) is 0. The first-order chi connectivity index (χ1) is 7.59. The monoisotopic (exact) mass is 223 g/mol. The fraction of sp³-hybridized carbons (Fsp3) is 0.750. The summed E-state index contributed by atoms with van der Waals surface area (Å²) in [5, 5.41) is 0. The number of carbonyl (C=O) groups is 2. The molecule has 0 bridgehead atoms. The second kappa shape index (κ2) is 4.09. The van der Waals surface area contributed by atoms with Gasteiger partial charge in [-0.2, -0.15) is 4.48 Å². The van der Waals surface area contributed by atoms with Gasteiger partial charge in [0, 0.05) is 18.8 Å². The highest BCUT2D eigenvalue weighted by Crippen LogP contribution is 2.34.